The Kier molecular flexibility index (Phi) is 6.81. The molecule has 0 atom stereocenters. The Hall–Kier alpha value is -5.19. The third kappa shape index (κ3) is 4.29. The monoisotopic (exact) mass is 710 g/mol. The summed E-state index contributed by atoms with van der Waals surface area (Å²) in [4.78, 5) is 61.7. The molecule has 7 N–H and O–H groups in total. The lowest BCUT2D eigenvalue weighted by molar-refractivity contribution is -0.432. The van der Waals surface area contributed by atoms with Gasteiger partial charge in [-0.3, -0.25) is 28.3 Å². The van der Waals surface area contributed by atoms with Crippen LogP contribution < -0.4 is 33.2 Å². The van der Waals surface area contributed by atoms with Crippen molar-refractivity contribution in [3.63, 3.8) is 0 Å². The van der Waals surface area contributed by atoms with Gasteiger partial charge in [0, 0.05) is 21.5 Å². The fourth-order valence-corrected chi connectivity index (χ4v) is 7.67. The number of nitrogens with zero attached hydrogens (tertiary/aromatic N) is 2. The molecule has 6 aromatic carbocycles. The second-order valence-corrected chi connectivity index (χ2v) is 13.8. The number of hydrogen-bond acceptors (Lipinski definition) is 16. The van der Waals surface area contributed by atoms with E-state index >= 15 is 0 Å². The fraction of sp³-hybridized carbons (Fsp3) is 0. The number of aromatic nitrogens is 2. The van der Waals surface area contributed by atoms with E-state index in [0.717, 1.165) is 18.2 Å². The van der Waals surface area contributed by atoms with Crippen molar-refractivity contribution in [2.24, 2.45) is 0 Å². The molecular formula is C28H14N4O13S3. The molecule has 0 spiro atoms. The second-order valence-electron chi connectivity index (χ2n) is 10.3. The second kappa shape index (κ2) is 10.4. The zero-order valence-corrected chi connectivity index (χ0v) is 25.7. The van der Waals surface area contributed by atoms with Crippen molar-refractivity contribution in [1.82, 2.24) is 9.97 Å². The minimum Gasteiger partial charge on any atom is -0.397 e. The number of nitrogens with two attached hydrogens (primary N) is 2. The van der Waals surface area contributed by atoms with Crippen LogP contribution in [0, 0.1) is 0 Å². The van der Waals surface area contributed by atoms with Gasteiger partial charge in [-0.05, 0) is 18.2 Å². The largest absolute Gasteiger partial charge is 0.397 e. The first-order valence-corrected chi connectivity index (χ1v) is 16.6. The van der Waals surface area contributed by atoms with Crippen molar-refractivity contribution in [2.45, 2.75) is 14.7 Å². The van der Waals surface area contributed by atoms with Crippen LogP contribution in [0.3, 0.4) is 0 Å². The van der Waals surface area contributed by atoms with Crippen LogP contribution in [0.4, 0.5) is 11.4 Å². The summed E-state index contributed by atoms with van der Waals surface area (Å²) in [5.41, 5.74) is 4.99. The minimum atomic E-state index is -5.37. The lowest BCUT2D eigenvalue weighted by Gasteiger charge is -2.15. The summed E-state index contributed by atoms with van der Waals surface area (Å²) in [6, 6.07) is 8.12. The summed E-state index contributed by atoms with van der Waals surface area (Å²) >= 11 is 0.169. The minimum absolute atomic E-state index is 0.0965. The maximum atomic E-state index is 14.0. The lowest BCUT2D eigenvalue weighted by atomic mass is 9.98. The number of hydrogen-bond donors (Lipinski definition) is 5. The van der Waals surface area contributed by atoms with Crippen LogP contribution in [0.1, 0.15) is 0 Å². The average molecular weight is 711 g/mol. The molecule has 242 valence electrons. The van der Waals surface area contributed by atoms with Crippen molar-refractivity contribution < 1.29 is 40.6 Å². The molecule has 0 radical (unpaired) electrons. The Bertz CT molecular complexity index is 3110. The first-order chi connectivity index (χ1) is 22.6. The Morgan fingerprint density at radius 1 is 0.625 bits per heavy atom. The van der Waals surface area contributed by atoms with Gasteiger partial charge in [0.15, 0.2) is 21.7 Å². The number of nitrogen functional groups attached to an aromatic ring is 2. The highest BCUT2D eigenvalue weighted by Gasteiger charge is 2.31. The summed E-state index contributed by atoms with van der Waals surface area (Å²) < 4.78 is 73.7. The Morgan fingerprint density at radius 2 is 1.12 bits per heavy atom. The quantitative estimate of drug-likeness (QED) is 0.0323. The van der Waals surface area contributed by atoms with Crippen LogP contribution in [0.5, 0.6) is 0 Å². The SMILES string of the molecule is Nc1c(SOOO)c2nc3c(nc2c2c(=O)c4cc(S(=O)(=O)O)ccc4c(=O)c12)c(S(=O)(=O)O)c(N)c1c(=O)c2ccccc2c(=O)c13. The number of benzene rings is 6. The first kappa shape index (κ1) is 31.4. The predicted octanol–water partition coefficient (Wildman–Crippen LogP) is 1.80. The maximum Gasteiger partial charge on any atom is 0.298 e. The molecular weight excluding hydrogens is 697 g/mol. The van der Waals surface area contributed by atoms with Gasteiger partial charge in [-0.2, -0.15) is 16.8 Å². The van der Waals surface area contributed by atoms with Crippen LogP contribution in [0.25, 0.3) is 65.2 Å². The van der Waals surface area contributed by atoms with Crippen LogP contribution in [0.2, 0.25) is 0 Å². The van der Waals surface area contributed by atoms with Gasteiger partial charge in [-0.1, -0.05) is 29.3 Å². The third-order valence-corrected chi connectivity index (χ3v) is 10.3. The molecule has 0 saturated carbocycles. The van der Waals surface area contributed by atoms with Crippen LogP contribution >= 0.6 is 12.0 Å². The molecule has 0 unspecified atom stereocenters. The smallest absolute Gasteiger partial charge is 0.298 e. The van der Waals surface area contributed by atoms with E-state index in [1.54, 1.807) is 0 Å². The first-order valence-electron chi connectivity index (χ1n) is 13.0. The van der Waals surface area contributed by atoms with Crippen molar-refractivity contribution >= 4 is 109 Å². The molecule has 0 bridgehead atoms. The molecule has 0 aliphatic heterocycles. The van der Waals surface area contributed by atoms with Crippen molar-refractivity contribution in [2.75, 3.05) is 11.5 Å². The Balaban J connectivity index is 1.85. The molecule has 1 heterocycles. The molecule has 1 aromatic heterocycles. The number of anilines is 2. The molecule has 7 aromatic rings. The van der Waals surface area contributed by atoms with E-state index in [2.05, 4.69) is 19.3 Å². The van der Waals surface area contributed by atoms with E-state index in [9.17, 15) is 45.1 Å². The van der Waals surface area contributed by atoms with Crippen molar-refractivity contribution in [3.8, 4) is 0 Å². The molecule has 0 aliphatic rings. The third-order valence-electron chi connectivity index (χ3n) is 7.84. The summed E-state index contributed by atoms with van der Waals surface area (Å²) in [5, 5.41) is 9.21. The highest BCUT2D eigenvalue weighted by Crippen LogP contribution is 2.41. The molecule has 7 rings (SSSR count). The van der Waals surface area contributed by atoms with Gasteiger partial charge < -0.3 is 11.5 Å². The van der Waals surface area contributed by atoms with Gasteiger partial charge >= 0.3 is 0 Å². The number of fused-ring (bicyclic) bond motifs is 8. The number of rotatable bonds is 5. The molecule has 0 amide bonds. The molecule has 48 heavy (non-hydrogen) atoms. The average Bonchev–Trinajstić information content (AvgIpc) is 3.03. The van der Waals surface area contributed by atoms with Gasteiger partial charge in [0.25, 0.3) is 20.2 Å². The lowest BCUT2D eigenvalue weighted by Crippen LogP contribution is -2.19. The van der Waals surface area contributed by atoms with Crippen molar-refractivity contribution in [3.05, 3.63) is 83.4 Å². The standard InChI is InChI=1S/C28H14N4O13S3/c29-17-13-15(26(36)12-7-8(47(38,39)40)5-6-11(12)24(13)34)19-21(27(17)46-45-44-37)31-20-16-14(18(30)28(22(20)32-19)48(41,42)43)23(33)9-3-1-2-4-10(9)25(16)35/h1-7,37H,29-30H2,(H,38,39,40)(H,41,42,43). The van der Waals surface area contributed by atoms with E-state index in [1.165, 1.54) is 24.3 Å². The van der Waals surface area contributed by atoms with E-state index in [-0.39, 0.29) is 33.1 Å². The molecule has 0 aliphatic carbocycles. The Labute approximate surface area is 268 Å². The van der Waals surface area contributed by atoms with Crippen molar-refractivity contribution in [1.29, 1.82) is 0 Å². The van der Waals surface area contributed by atoms with Crippen LogP contribution in [-0.2, 0) is 29.6 Å². The van der Waals surface area contributed by atoms with Crippen LogP contribution in [0.15, 0.2) is 76.3 Å². The van der Waals surface area contributed by atoms with E-state index in [1.807, 2.05) is 0 Å². The predicted molar refractivity (Wildman–Crippen MR) is 174 cm³/mol. The van der Waals surface area contributed by atoms with Crippen LogP contribution in [-0.4, -0.2) is 41.2 Å². The van der Waals surface area contributed by atoms with E-state index in [4.69, 9.17) is 16.7 Å². The zero-order valence-electron chi connectivity index (χ0n) is 23.2. The topological polar surface area (TPSA) is 294 Å². The van der Waals surface area contributed by atoms with Gasteiger partial charge in [0.1, 0.15) is 27.0 Å². The zero-order chi connectivity index (χ0) is 34.6. The normalized spacial score (nSPS) is 12.7. The summed E-state index contributed by atoms with van der Waals surface area (Å²) in [5.74, 6) is 0. The maximum absolute atomic E-state index is 14.0. The van der Waals surface area contributed by atoms with Gasteiger partial charge in [-0.15, -0.1) is 4.33 Å². The van der Waals surface area contributed by atoms with E-state index in [0.29, 0.717) is 0 Å². The molecule has 0 fully saturated rings. The molecule has 17 nitrogen and oxygen atoms in total. The van der Waals surface area contributed by atoms with Gasteiger partial charge in [-0.25, -0.2) is 15.2 Å². The fourth-order valence-electron chi connectivity index (χ4n) is 5.88. The summed E-state index contributed by atoms with van der Waals surface area (Å²) in [7, 11) is -10.2. The Morgan fingerprint density at radius 3 is 1.69 bits per heavy atom. The van der Waals surface area contributed by atoms with E-state index < -0.39 is 112 Å². The summed E-state index contributed by atoms with van der Waals surface area (Å²) in [6.45, 7) is 0. The highest BCUT2D eigenvalue weighted by molar-refractivity contribution is 7.95. The molecule has 20 heteroatoms. The summed E-state index contributed by atoms with van der Waals surface area (Å²) in [6.07, 6.45) is 0. The highest BCUT2D eigenvalue weighted by atomic mass is 32.2. The molecule has 0 saturated heterocycles. The van der Waals surface area contributed by atoms with Gasteiger partial charge in [0.2, 0.25) is 0 Å². The van der Waals surface area contributed by atoms with Gasteiger partial charge in [0.05, 0.1) is 54.8 Å².